The second kappa shape index (κ2) is 9.05. The van der Waals surface area contributed by atoms with Crippen LogP contribution in [0, 0.1) is 0 Å². The number of hydrogen-bond acceptors (Lipinski definition) is 2. The second-order valence-electron chi connectivity index (χ2n) is 4.68. The lowest BCUT2D eigenvalue weighted by atomic mass is 10.0. The Morgan fingerprint density at radius 3 is 2.45 bits per heavy atom. The quantitative estimate of drug-likeness (QED) is 0.576. The lowest BCUT2D eigenvalue weighted by Crippen LogP contribution is -2.08. The SMILES string of the molecule is C=C/C(=C\C(=C/C)CCNC)Cc1ccc(C=O)cc1. The van der Waals surface area contributed by atoms with Crippen LogP contribution in [0.2, 0.25) is 0 Å². The number of allylic oxidation sites excluding steroid dienone is 4. The van der Waals surface area contributed by atoms with Gasteiger partial charge in [-0.1, -0.05) is 54.6 Å². The molecule has 1 aromatic rings. The van der Waals surface area contributed by atoms with Gasteiger partial charge >= 0.3 is 0 Å². The van der Waals surface area contributed by atoms with Crippen LogP contribution in [0.1, 0.15) is 29.3 Å². The molecule has 0 spiro atoms. The maximum absolute atomic E-state index is 10.6. The van der Waals surface area contributed by atoms with Crippen molar-refractivity contribution >= 4 is 6.29 Å². The summed E-state index contributed by atoms with van der Waals surface area (Å²) in [6, 6.07) is 7.68. The normalized spacial score (nSPS) is 12.3. The highest BCUT2D eigenvalue weighted by Crippen LogP contribution is 2.14. The van der Waals surface area contributed by atoms with Crippen molar-refractivity contribution in [3.8, 4) is 0 Å². The van der Waals surface area contributed by atoms with E-state index >= 15 is 0 Å². The Balaban J connectivity index is 2.78. The fourth-order valence-corrected chi connectivity index (χ4v) is 1.94. The van der Waals surface area contributed by atoms with Crippen LogP contribution in [0.4, 0.5) is 0 Å². The van der Waals surface area contributed by atoms with Crippen molar-refractivity contribution in [1.29, 1.82) is 0 Å². The molecule has 2 heteroatoms. The molecule has 0 heterocycles. The summed E-state index contributed by atoms with van der Waals surface area (Å²) in [6.45, 7) is 6.91. The Morgan fingerprint density at radius 1 is 1.25 bits per heavy atom. The summed E-state index contributed by atoms with van der Waals surface area (Å²) in [6.07, 6.45) is 8.93. The molecule has 0 fully saturated rings. The summed E-state index contributed by atoms with van der Waals surface area (Å²) in [5.74, 6) is 0. The van der Waals surface area contributed by atoms with Crippen LogP contribution < -0.4 is 5.32 Å². The molecule has 0 aromatic heterocycles. The first-order valence-electron chi connectivity index (χ1n) is 6.90. The molecule has 0 unspecified atom stereocenters. The average molecular weight is 269 g/mol. The topological polar surface area (TPSA) is 29.1 Å². The molecule has 0 atom stereocenters. The molecule has 0 aliphatic carbocycles. The molecular formula is C18H23NO. The van der Waals surface area contributed by atoms with Crippen LogP contribution in [0.5, 0.6) is 0 Å². The maximum atomic E-state index is 10.6. The molecule has 1 rings (SSSR count). The lowest BCUT2D eigenvalue weighted by Gasteiger charge is -2.06. The first kappa shape index (κ1) is 16.1. The van der Waals surface area contributed by atoms with Crippen LogP contribution in [-0.4, -0.2) is 19.9 Å². The molecule has 1 N–H and O–H groups in total. The Morgan fingerprint density at radius 2 is 1.95 bits per heavy atom. The number of carbonyl (C=O) groups excluding carboxylic acids is 1. The van der Waals surface area contributed by atoms with E-state index in [4.69, 9.17) is 0 Å². The van der Waals surface area contributed by atoms with Gasteiger partial charge in [0.25, 0.3) is 0 Å². The summed E-state index contributed by atoms with van der Waals surface area (Å²) in [4.78, 5) is 10.6. The molecule has 0 aliphatic heterocycles. The molecule has 0 saturated carbocycles. The van der Waals surface area contributed by atoms with Gasteiger partial charge in [-0.25, -0.2) is 0 Å². The standard InChI is InChI=1S/C18H23NO/c1-4-15(10-11-19-3)12-16(5-2)13-17-6-8-18(14-20)9-7-17/h4-9,12,14,19H,2,10-11,13H2,1,3H3/b15-4-,16-12+. The molecule has 0 radical (unpaired) electrons. The molecule has 0 amide bonds. The van der Waals surface area contributed by atoms with E-state index in [9.17, 15) is 4.79 Å². The van der Waals surface area contributed by atoms with Gasteiger partial charge in [0.15, 0.2) is 0 Å². The van der Waals surface area contributed by atoms with E-state index in [1.54, 1.807) is 0 Å². The fraction of sp³-hybridized carbons (Fsp3) is 0.278. The molecule has 20 heavy (non-hydrogen) atoms. The van der Waals surface area contributed by atoms with Gasteiger partial charge in [-0.2, -0.15) is 0 Å². The van der Waals surface area contributed by atoms with Crippen molar-refractivity contribution in [2.75, 3.05) is 13.6 Å². The van der Waals surface area contributed by atoms with Gasteiger partial charge in [0.2, 0.25) is 0 Å². The van der Waals surface area contributed by atoms with Gasteiger partial charge in [0, 0.05) is 5.56 Å². The van der Waals surface area contributed by atoms with Crippen LogP contribution >= 0.6 is 0 Å². The van der Waals surface area contributed by atoms with Gasteiger partial charge < -0.3 is 5.32 Å². The average Bonchev–Trinajstić information content (AvgIpc) is 2.50. The second-order valence-corrected chi connectivity index (χ2v) is 4.68. The first-order valence-corrected chi connectivity index (χ1v) is 6.90. The van der Waals surface area contributed by atoms with E-state index in [1.165, 1.54) is 16.7 Å². The summed E-state index contributed by atoms with van der Waals surface area (Å²) in [7, 11) is 1.96. The van der Waals surface area contributed by atoms with E-state index in [0.717, 1.165) is 25.7 Å². The summed E-state index contributed by atoms with van der Waals surface area (Å²) in [5, 5.41) is 3.16. The van der Waals surface area contributed by atoms with Crippen molar-refractivity contribution in [3.05, 3.63) is 71.3 Å². The van der Waals surface area contributed by atoms with Gasteiger partial charge in [-0.3, -0.25) is 4.79 Å². The van der Waals surface area contributed by atoms with E-state index in [0.29, 0.717) is 5.56 Å². The zero-order valence-corrected chi connectivity index (χ0v) is 12.4. The lowest BCUT2D eigenvalue weighted by molar-refractivity contribution is 0.112. The summed E-state index contributed by atoms with van der Waals surface area (Å²) in [5.41, 5.74) is 4.39. The monoisotopic (exact) mass is 269 g/mol. The largest absolute Gasteiger partial charge is 0.319 e. The molecule has 2 nitrogen and oxygen atoms in total. The number of hydrogen-bond donors (Lipinski definition) is 1. The Kier molecular flexibility index (Phi) is 7.30. The number of benzene rings is 1. The molecule has 0 saturated heterocycles. The zero-order valence-electron chi connectivity index (χ0n) is 12.4. The van der Waals surface area contributed by atoms with Gasteiger partial charge in [0.05, 0.1) is 0 Å². The number of aldehydes is 1. The summed E-state index contributed by atoms with van der Waals surface area (Å²) < 4.78 is 0. The van der Waals surface area contributed by atoms with Gasteiger partial charge in [-0.05, 0) is 44.5 Å². The van der Waals surface area contributed by atoms with Crippen LogP contribution in [0.25, 0.3) is 0 Å². The third-order valence-corrected chi connectivity index (χ3v) is 3.19. The minimum Gasteiger partial charge on any atom is -0.319 e. The smallest absolute Gasteiger partial charge is 0.150 e. The predicted octanol–water partition coefficient (Wildman–Crippen LogP) is 3.71. The highest BCUT2D eigenvalue weighted by atomic mass is 16.1. The van der Waals surface area contributed by atoms with E-state index in [-0.39, 0.29) is 0 Å². The van der Waals surface area contributed by atoms with E-state index in [1.807, 2.05) is 37.4 Å². The highest BCUT2D eigenvalue weighted by molar-refractivity contribution is 5.74. The minimum atomic E-state index is 0.709. The fourth-order valence-electron chi connectivity index (χ4n) is 1.94. The van der Waals surface area contributed by atoms with Crippen molar-refractivity contribution in [3.63, 3.8) is 0 Å². The third kappa shape index (κ3) is 5.37. The van der Waals surface area contributed by atoms with Crippen LogP contribution in [-0.2, 0) is 6.42 Å². The highest BCUT2D eigenvalue weighted by Gasteiger charge is 1.99. The summed E-state index contributed by atoms with van der Waals surface area (Å²) >= 11 is 0. The van der Waals surface area contributed by atoms with Crippen molar-refractivity contribution < 1.29 is 4.79 Å². The molecular weight excluding hydrogens is 246 g/mol. The number of rotatable bonds is 8. The van der Waals surface area contributed by atoms with Gasteiger partial charge in [-0.15, -0.1) is 0 Å². The third-order valence-electron chi connectivity index (χ3n) is 3.19. The molecule has 1 aromatic carbocycles. The van der Waals surface area contributed by atoms with Crippen molar-refractivity contribution in [1.82, 2.24) is 5.32 Å². The Hall–Kier alpha value is -1.93. The molecule has 0 bridgehead atoms. The Labute approximate surface area is 121 Å². The van der Waals surface area contributed by atoms with Crippen molar-refractivity contribution in [2.45, 2.75) is 19.8 Å². The van der Waals surface area contributed by atoms with Crippen LogP contribution in [0.15, 0.2) is 60.2 Å². The molecule has 106 valence electrons. The van der Waals surface area contributed by atoms with Gasteiger partial charge in [0.1, 0.15) is 6.29 Å². The first-order chi connectivity index (χ1) is 9.73. The predicted molar refractivity (Wildman–Crippen MR) is 86.1 cm³/mol. The van der Waals surface area contributed by atoms with Crippen LogP contribution in [0.3, 0.4) is 0 Å². The van der Waals surface area contributed by atoms with Crippen molar-refractivity contribution in [2.24, 2.45) is 0 Å². The number of nitrogens with one attached hydrogen (secondary N) is 1. The van der Waals surface area contributed by atoms with E-state index in [2.05, 4.69) is 31.0 Å². The maximum Gasteiger partial charge on any atom is 0.150 e. The molecule has 0 aliphatic rings. The zero-order chi connectivity index (χ0) is 14.8. The Bertz CT molecular complexity index is 495. The number of carbonyl (C=O) groups is 1. The van der Waals surface area contributed by atoms with E-state index < -0.39 is 0 Å². The minimum absolute atomic E-state index is 0.709.